The Morgan fingerprint density at radius 2 is 2.25 bits per heavy atom. The molecule has 1 aromatic heterocycles. The highest BCUT2D eigenvalue weighted by Crippen LogP contribution is 2.29. The Balaban J connectivity index is 2.33. The molecule has 0 aliphatic rings. The summed E-state index contributed by atoms with van der Waals surface area (Å²) in [6, 6.07) is 4.49. The number of thiazole rings is 1. The SMILES string of the molecule is Cc1cc(C(O)c2ncc(Cl)s2)ccc1F. The summed E-state index contributed by atoms with van der Waals surface area (Å²) in [6.45, 7) is 1.65. The fraction of sp³-hybridized carbons (Fsp3) is 0.182. The van der Waals surface area contributed by atoms with Gasteiger partial charge in [0, 0.05) is 0 Å². The van der Waals surface area contributed by atoms with E-state index in [9.17, 15) is 9.50 Å². The summed E-state index contributed by atoms with van der Waals surface area (Å²) in [5.41, 5.74) is 1.11. The minimum atomic E-state index is -0.850. The molecule has 2 rings (SSSR count). The topological polar surface area (TPSA) is 33.1 Å². The average molecular weight is 258 g/mol. The van der Waals surface area contributed by atoms with Gasteiger partial charge in [0.05, 0.1) is 6.20 Å². The van der Waals surface area contributed by atoms with Crippen molar-refractivity contribution in [3.05, 3.63) is 50.7 Å². The Morgan fingerprint density at radius 3 is 2.81 bits per heavy atom. The van der Waals surface area contributed by atoms with Gasteiger partial charge in [-0.2, -0.15) is 0 Å². The Labute approximate surface area is 101 Å². The Kier molecular flexibility index (Phi) is 3.23. The van der Waals surface area contributed by atoms with E-state index in [-0.39, 0.29) is 5.82 Å². The number of hydrogen-bond acceptors (Lipinski definition) is 3. The van der Waals surface area contributed by atoms with Crippen molar-refractivity contribution >= 4 is 22.9 Å². The summed E-state index contributed by atoms with van der Waals surface area (Å²) < 4.78 is 13.6. The van der Waals surface area contributed by atoms with Crippen LogP contribution in [0.15, 0.2) is 24.4 Å². The van der Waals surface area contributed by atoms with E-state index in [0.29, 0.717) is 20.5 Å². The molecule has 0 aliphatic heterocycles. The van der Waals surface area contributed by atoms with E-state index >= 15 is 0 Å². The van der Waals surface area contributed by atoms with Crippen molar-refractivity contribution in [1.82, 2.24) is 4.98 Å². The molecule has 5 heteroatoms. The molecule has 0 radical (unpaired) electrons. The average Bonchev–Trinajstić information content (AvgIpc) is 2.68. The molecule has 2 nitrogen and oxygen atoms in total. The second-order valence-corrected chi connectivity index (χ2v) is 5.11. The standard InChI is InChI=1S/C11H9ClFNOS/c1-6-4-7(2-3-8(6)13)10(15)11-14-5-9(12)16-11/h2-5,10,15H,1H3. The van der Waals surface area contributed by atoms with Crippen LogP contribution in [0.4, 0.5) is 4.39 Å². The monoisotopic (exact) mass is 257 g/mol. The van der Waals surface area contributed by atoms with Gasteiger partial charge in [0.1, 0.15) is 21.3 Å². The molecular weight excluding hydrogens is 249 g/mol. The number of aromatic nitrogens is 1. The lowest BCUT2D eigenvalue weighted by Crippen LogP contribution is -1.99. The van der Waals surface area contributed by atoms with Crippen LogP contribution in [0.5, 0.6) is 0 Å². The molecular formula is C11H9ClFNOS. The first-order valence-corrected chi connectivity index (χ1v) is 5.82. The predicted molar refractivity (Wildman–Crippen MR) is 62.3 cm³/mol. The molecule has 0 spiro atoms. The number of aryl methyl sites for hydroxylation is 1. The molecule has 0 saturated carbocycles. The third-order valence-electron chi connectivity index (χ3n) is 2.23. The van der Waals surface area contributed by atoms with Crippen molar-refractivity contribution in [3.8, 4) is 0 Å². The van der Waals surface area contributed by atoms with E-state index in [2.05, 4.69) is 4.98 Å². The maximum Gasteiger partial charge on any atom is 0.131 e. The van der Waals surface area contributed by atoms with Crippen LogP contribution in [0.1, 0.15) is 22.2 Å². The summed E-state index contributed by atoms with van der Waals surface area (Å²) in [4.78, 5) is 3.99. The Morgan fingerprint density at radius 1 is 1.50 bits per heavy atom. The number of benzene rings is 1. The van der Waals surface area contributed by atoms with Crippen LogP contribution in [0.25, 0.3) is 0 Å². The van der Waals surface area contributed by atoms with E-state index < -0.39 is 6.10 Å². The molecule has 84 valence electrons. The quantitative estimate of drug-likeness (QED) is 0.895. The van der Waals surface area contributed by atoms with E-state index in [0.717, 1.165) is 0 Å². The van der Waals surface area contributed by atoms with Gasteiger partial charge >= 0.3 is 0 Å². The molecule has 1 unspecified atom stereocenters. The molecule has 0 fully saturated rings. The number of aliphatic hydroxyl groups excluding tert-OH is 1. The van der Waals surface area contributed by atoms with Crippen LogP contribution in [0, 0.1) is 12.7 Å². The van der Waals surface area contributed by atoms with Crippen molar-refractivity contribution in [2.75, 3.05) is 0 Å². The summed E-state index contributed by atoms with van der Waals surface area (Å²) in [7, 11) is 0. The Hall–Kier alpha value is -0.970. The fourth-order valence-electron chi connectivity index (χ4n) is 1.37. The zero-order valence-corrected chi connectivity index (χ0v) is 10.0. The number of nitrogens with zero attached hydrogens (tertiary/aromatic N) is 1. The maximum atomic E-state index is 13.1. The van der Waals surface area contributed by atoms with Gasteiger partial charge in [-0.25, -0.2) is 9.37 Å². The van der Waals surface area contributed by atoms with Gasteiger partial charge in [-0.1, -0.05) is 23.7 Å². The van der Waals surface area contributed by atoms with E-state index in [1.54, 1.807) is 19.1 Å². The van der Waals surface area contributed by atoms with Gasteiger partial charge < -0.3 is 5.11 Å². The maximum absolute atomic E-state index is 13.1. The van der Waals surface area contributed by atoms with Crippen LogP contribution >= 0.6 is 22.9 Å². The number of halogens is 2. The molecule has 1 heterocycles. The zero-order valence-electron chi connectivity index (χ0n) is 8.45. The number of rotatable bonds is 2. The summed E-state index contributed by atoms with van der Waals surface area (Å²) in [6.07, 6.45) is 0.637. The van der Waals surface area contributed by atoms with Crippen molar-refractivity contribution in [2.45, 2.75) is 13.0 Å². The molecule has 0 aliphatic carbocycles. The van der Waals surface area contributed by atoms with Crippen LogP contribution in [0.3, 0.4) is 0 Å². The van der Waals surface area contributed by atoms with Gasteiger partial charge in [-0.05, 0) is 24.1 Å². The predicted octanol–water partition coefficient (Wildman–Crippen LogP) is 3.33. The summed E-state index contributed by atoms with van der Waals surface area (Å²) >= 11 is 6.94. The van der Waals surface area contributed by atoms with E-state index in [1.165, 1.54) is 23.6 Å². The molecule has 1 atom stereocenters. The van der Waals surface area contributed by atoms with Gasteiger partial charge in [0.2, 0.25) is 0 Å². The highest BCUT2D eigenvalue weighted by atomic mass is 35.5. The Bertz CT molecular complexity index is 514. The highest BCUT2D eigenvalue weighted by Gasteiger charge is 2.15. The largest absolute Gasteiger partial charge is 0.381 e. The third-order valence-corrected chi connectivity index (χ3v) is 3.39. The lowest BCUT2D eigenvalue weighted by atomic mass is 10.1. The molecule has 16 heavy (non-hydrogen) atoms. The summed E-state index contributed by atoms with van der Waals surface area (Å²) in [5, 5.41) is 10.5. The van der Waals surface area contributed by atoms with Crippen LogP contribution in [0.2, 0.25) is 4.34 Å². The second kappa shape index (κ2) is 4.49. The third kappa shape index (κ3) is 2.24. The molecule has 1 N–H and O–H groups in total. The van der Waals surface area contributed by atoms with Crippen molar-refractivity contribution in [1.29, 1.82) is 0 Å². The van der Waals surface area contributed by atoms with Gasteiger partial charge in [0.15, 0.2) is 0 Å². The van der Waals surface area contributed by atoms with Gasteiger partial charge in [-0.15, -0.1) is 11.3 Å². The van der Waals surface area contributed by atoms with Crippen LogP contribution < -0.4 is 0 Å². The first-order valence-electron chi connectivity index (χ1n) is 4.63. The van der Waals surface area contributed by atoms with Gasteiger partial charge in [0.25, 0.3) is 0 Å². The minimum absolute atomic E-state index is 0.284. The number of aliphatic hydroxyl groups is 1. The zero-order chi connectivity index (χ0) is 11.7. The first-order chi connectivity index (χ1) is 7.58. The molecule has 2 aromatic rings. The van der Waals surface area contributed by atoms with Crippen LogP contribution in [-0.4, -0.2) is 10.1 Å². The molecule has 0 saturated heterocycles. The molecule has 0 bridgehead atoms. The fourth-order valence-corrected chi connectivity index (χ4v) is 2.32. The smallest absolute Gasteiger partial charge is 0.131 e. The summed E-state index contributed by atoms with van der Waals surface area (Å²) in [5.74, 6) is -0.284. The second-order valence-electron chi connectivity index (χ2n) is 3.41. The van der Waals surface area contributed by atoms with Crippen LogP contribution in [-0.2, 0) is 0 Å². The highest BCUT2D eigenvalue weighted by molar-refractivity contribution is 7.15. The van der Waals surface area contributed by atoms with Crippen molar-refractivity contribution in [2.24, 2.45) is 0 Å². The van der Waals surface area contributed by atoms with Gasteiger partial charge in [-0.3, -0.25) is 0 Å². The lowest BCUT2D eigenvalue weighted by Gasteiger charge is -2.08. The molecule has 0 amide bonds. The lowest BCUT2D eigenvalue weighted by molar-refractivity contribution is 0.219. The first kappa shape index (κ1) is 11.5. The van der Waals surface area contributed by atoms with Crippen molar-refractivity contribution in [3.63, 3.8) is 0 Å². The van der Waals surface area contributed by atoms with E-state index in [4.69, 9.17) is 11.6 Å². The molecule has 1 aromatic carbocycles. The minimum Gasteiger partial charge on any atom is -0.381 e. The number of hydrogen-bond donors (Lipinski definition) is 1. The normalized spacial score (nSPS) is 12.8. The van der Waals surface area contributed by atoms with E-state index in [1.807, 2.05) is 0 Å². The van der Waals surface area contributed by atoms with Crippen molar-refractivity contribution < 1.29 is 9.50 Å².